The number of azo groups is 1. The van der Waals surface area contributed by atoms with Crippen LogP contribution in [-0.4, -0.2) is 4.98 Å². The molecule has 0 aliphatic rings. The molecule has 0 aliphatic carbocycles. The van der Waals surface area contributed by atoms with Gasteiger partial charge < -0.3 is 4.98 Å². The van der Waals surface area contributed by atoms with E-state index in [-0.39, 0.29) is 0 Å². The van der Waals surface area contributed by atoms with Crippen molar-refractivity contribution in [1.82, 2.24) is 4.98 Å². The van der Waals surface area contributed by atoms with E-state index in [1.165, 1.54) is 5.39 Å². The third-order valence-electron chi connectivity index (χ3n) is 3.77. The predicted octanol–water partition coefficient (Wildman–Crippen LogP) is 5.61. The monoisotopic (exact) mass is 296 g/mol. The molecule has 4 rings (SSSR count). The fourth-order valence-electron chi connectivity index (χ4n) is 2.62. The number of rotatable bonds is 2. The summed E-state index contributed by atoms with van der Waals surface area (Å²) in [7, 11) is 0. The van der Waals surface area contributed by atoms with Crippen molar-refractivity contribution >= 4 is 33.2 Å². The highest BCUT2D eigenvalue weighted by molar-refractivity contribution is 6.08. The van der Waals surface area contributed by atoms with Gasteiger partial charge in [0, 0.05) is 21.8 Å². The quantitative estimate of drug-likeness (QED) is 0.480. The summed E-state index contributed by atoms with van der Waals surface area (Å²) in [6, 6.07) is 23.3. The maximum atomic E-state index is 8.80. The van der Waals surface area contributed by atoms with Crippen LogP contribution in [0.5, 0.6) is 0 Å². The molecular weight excluding hydrogens is 284 g/mol. The average Bonchev–Trinajstić information content (AvgIpc) is 2.98. The van der Waals surface area contributed by atoms with Crippen molar-refractivity contribution in [3.8, 4) is 6.07 Å². The highest BCUT2D eigenvalue weighted by atomic mass is 15.1. The Morgan fingerprint density at radius 3 is 2.26 bits per heavy atom. The number of hydrogen-bond donors (Lipinski definition) is 1. The van der Waals surface area contributed by atoms with Gasteiger partial charge >= 0.3 is 0 Å². The van der Waals surface area contributed by atoms with E-state index in [0.29, 0.717) is 5.56 Å². The molecule has 0 saturated carbocycles. The Kier molecular flexibility index (Phi) is 3.10. The molecule has 3 aromatic carbocycles. The second kappa shape index (κ2) is 5.39. The summed E-state index contributed by atoms with van der Waals surface area (Å²) in [6.45, 7) is 0. The number of nitrogens with zero attached hydrogens (tertiary/aromatic N) is 3. The van der Waals surface area contributed by atoms with Gasteiger partial charge in [-0.2, -0.15) is 15.5 Å². The lowest BCUT2D eigenvalue weighted by Gasteiger charge is -1.95. The third-order valence-corrected chi connectivity index (χ3v) is 3.77. The highest BCUT2D eigenvalue weighted by Gasteiger charge is 2.04. The van der Waals surface area contributed by atoms with Gasteiger partial charge in [0.25, 0.3) is 0 Å². The van der Waals surface area contributed by atoms with Crippen LogP contribution in [0.25, 0.3) is 21.8 Å². The van der Waals surface area contributed by atoms with Crippen molar-refractivity contribution in [2.24, 2.45) is 10.2 Å². The minimum absolute atomic E-state index is 0.615. The zero-order valence-corrected chi connectivity index (χ0v) is 12.2. The Labute approximate surface area is 132 Å². The first kappa shape index (κ1) is 13.2. The number of hydrogen-bond acceptors (Lipinski definition) is 3. The lowest BCUT2D eigenvalue weighted by molar-refractivity contribution is 1.23. The summed E-state index contributed by atoms with van der Waals surface area (Å²) in [5.74, 6) is 0. The highest BCUT2D eigenvalue weighted by Crippen LogP contribution is 2.29. The SMILES string of the molecule is N#Cc1ccc(N=Nc2ccc3[nH]c4ccccc4c3c2)cc1. The molecule has 1 heterocycles. The molecule has 0 radical (unpaired) electrons. The maximum Gasteiger partial charge on any atom is 0.0991 e. The summed E-state index contributed by atoms with van der Waals surface area (Å²) < 4.78 is 0. The van der Waals surface area contributed by atoms with Crippen LogP contribution < -0.4 is 0 Å². The summed E-state index contributed by atoms with van der Waals surface area (Å²) in [4.78, 5) is 3.39. The molecule has 0 atom stereocenters. The fourth-order valence-corrected chi connectivity index (χ4v) is 2.62. The Hall–Kier alpha value is -3.45. The topological polar surface area (TPSA) is 64.3 Å². The van der Waals surface area contributed by atoms with Crippen LogP contribution in [-0.2, 0) is 0 Å². The van der Waals surface area contributed by atoms with Crippen LogP contribution in [0.1, 0.15) is 5.56 Å². The second-order valence-corrected chi connectivity index (χ2v) is 5.26. The van der Waals surface area contributed by atoms with Crippen LogP contribution in [0, 0.1) is 11.3 Å². The van der Waals surface area contributed by atoms with E-state index in [1.54, 1.807) is 24.3 Å². The number of aromatic amines is 1. The molecule has 0 unspecified atom stereocenters. The molecule has 0 bridgehead atoms. The van der Waals surface area contributed by atoms with Gasteiger partial charge in [-0.3, -0.25) is 0 Å². The number of fused-ring (bicyclic) bond motifs is 3. The van der Waals surface area contributed by atoms with Gasteiger partial charge in [0.15, 0.2) is 0 Å². The molecule has 0 saturated heterocycles. The second-order valence-electron chi connectivity index (χ2n) is 5.26. The normalized spacial score (nSPS) is 11.3. The lowest BCUT2D eigenvalue weighted by Crippen LogP contribution is -1.71. The number of H-pyrrole nitrogens is 1. The molecule has 0 aliphatic heterocycles. The van der Waals surface area contributed by atoms with Crippen molar-refractivity contribution in [3.05, 3.63) is 72.3 Å². The number of benzene rings is 3. The van der Waals surface area contributed by atoms with E-state index in [4.69, 9.17) is 5.26 Å². The summed E-state index contributed by atoms with van der Waals surface area (Å²) in [5, 5.41) is 19.6. The lowest BCUT2D eigenvalue weighted by atomic mass is 10.1. The van der Waals surface area contributed by atoms with Crippen LogP contribution in [0.15, 0.2) is 77.0 Å². The van der Waals surface area contributed by atoms with Crippen molar-refractivity contribution in [3.63, 3.8) is 0 Å². The summed E-state index contributed by atoms with van der Waals surface area (Å²) in [5.41, 5.74) is 4.34. The first-order chi connectivity index (χ1) is 11.3. The van der Waals surface area contributed by atoms with E-state index in [0.717, 1.165) is 27.8 Å². The molecule has 0 spiro atoms. The van der Waals surface area contributed by atoms with Crippen LogP contribution in [0.3, 0.4) is 0 Å². The van der Waals surface area contributed by atoms with E-state index >= 15 is 0 Å². The molecule has 23 heavy (non-hydrogen) atoms. The van der Waals surface area contributed by atoms with Gasteiger partial charge in [-0.05, 0) is 48.5 Å². The van der Waals surface area contributed by atoms with E-state index < -0.39 is 0 Å². The van der Waals surface area contributed by atoms with E-state index in [9.17, 15) is 0 Å². The molecule has 4 nitrogen and oxygen atoms in total. The van der Waals surface area contributed by atoms with E-state index in [2.05, 4.69) is 33.4 Å². The molecule has 1 aromatic heterocycles. The minimum Gasteiger partial charge on any atom is -0.355 e. The number of nitriles is 1. The van der Waals surface area contributed by atoms with Gasteiger partial charge in [-0.15, -0.1) is 0 Å². The Morgan fingerprint density at radius 1 is 0.739 bits per heavy atom. The smallest absolute Gasteiger partial charge is 0.0991 e. The summed E-state index contributed by atoms with van der Waals surface area (Å²) >= 11 is 0. The maximum absolute atomic E-state index is 8.80. The van der Waals surface area contributed by atoms with Crippen LogP contribution in [0.4, 0.5) is 11.4 Å². The van der Waals surface area contributed by atoms with Crippen molar-refractivity contribution < 1.29 is 0 Å². The van der Waals surface area contributed by atoms with Gasteiger partial charge in [0.05, 0.1) is 23.0 Å². The van der Waals surface area contributed by atoms with Crippen molar-refractivity contribution in [2.45, 2.75) is 0 Å². The van der Waals surface area contributed by atoms with Gasteiger partial charge in [-0.25, -0.2) is 0 Å². The van der Waals surface area contributed by atoms with Gasteiger partial charge in [0.2, 0.25) is 0 Å². The molecule has 108 valence electrons. The number of aromatic nitrogens is 1. The largest absolute Gasteiger partial charge is 0.355 e. The Morgan fingerprint density at radius 2 is 1.43 bits per heavy atom. The van der Waals surface area contributed by atoms with Gasteiger partial charge in [0.1, 0.15) is 0 Å². The summed E-state index contributed by atoms with van der Waals surface area (Å²) in [6.07, 6.45) is 0. The third kappa shape index (κ3) is 2.45. The fraction of sp³-hybridized carbons (Fsp3) is 0. The Bertz CT molecular complexity index is 1070. The molecular formula is C19H12N4. The number of para-hydroxylation sites is 1. The van der Waals surface area contributed by atoms with Crippen molar-refractivity contribution in [1.29, 1.82) is 5.26 Å². The zero-order chi connectivity index (χ0) is 15.6. The minimum atomic E-state index is 0.615. The number of nitrogens with one attached hydrogen (secondary N) is 1. The molecule has 4 heteroatoms. The first-order valence-corrected chi connectivity index (χ1v) is 7.26. The average molecular weight is 296 g/mol. The Balaban J connectivity index is 1.72. The molecule has 0 amide bonds. The van der Waals surface area contributed by atoms with E-state index in [1.807, 2.05) is 30.3 Å². The van der Waals surface area contributed by atoms with Crippen LogP contribution >= 0.6 is 0 Å². The molecule has 1 N–H and O–H groups in total. The standard InChI is InChI=1S/C19H12N4/c20-12-13-5-7-14(8-6-13)22-23-15-9-10-19-17(11-15)16-3-1-2-4-18(16)21-19/h1-11,21H. The van der Waals surface area contributed by atoms with Crippen molar-refractivity contribution in [2.75, 3.05) is 0 Å². The molecule has 0 fully saturated rings. The molecule has 4 aromatic rings. The van der Waals surface area contributed by atoms with Gasteiger partial charge in [-0.1, -0.05) is 18.2 Å². The predicted molar refractivity (Wildman–Crippen MR) is 91.1 cm³/mol. The van der Waals surface area contributed by atoms with Crippen LogP contribution in [0.2, 0.25) is 0 Å². The first-order valence-electron chi connectivity index (χ1n) is 7.26. The zero-order valence-electron chi connectivity index (χ0n) is 12.2.